The zero-order chi connectivity index (χ0) is 18.6. The first kappa shape index (κ1) is 18.4. The molecule has 1 atom stereocenters. The molecule has 0 aliphatic carbocycles. The Kier molecular flexibility index (Phi) is 5.68. The van der Waals surface area contributed by atoms with E-state index < -0.39 is 0 Å². The molecule has 0 aromatic carbocycles. The highest BCUT2D eigenvalue weighted by molar-refractivity contribution is 7.19. The van der Waals surface area contributed by atoms with Gasteiger partial charge in [0.1, 0.15) is 0 Å². The maximum Gasteiger partial charge on any atom is 0.228 e. The lowest BCUT2D eigenvalue weighted by Gasteiger charge is -2.31. The largest absolute Gasteiger partial charge is 0.355 e. The van der Waals surface area contributed by atoms with Crippen LogP contribution in [0.25, 0.3) is 0 Å². The van der Waals surface area contributed by atoms with Crippen LogP contribution < -0.4 is 15.1 Å². The second-order valence-corrected chi connectivity index (χ2v) is 8.89. The molecule has 144 valence electrons. The standard InChI is InChI=1S/C18H23N5O2S2/c24-15-6-2-10-23(15)18-21-20-17(27-18)22-9-1-4-13(12-22)16(25)19-8-7-14-5-3-11-26-14/h3,5,11,13H,1-2,4,6-10,12H2,(H,19,25)/t13-/m1/s1. The Labute approximate surface area is 166 Å². The van der Waals surface area contributed by atoms with Crippen molar-refractivity contribution in [3.8, 4) is 0 Å². The van der Waals surface area contributed by atoms with Crippen LogP contribution in [-0.4, -0.2) is 48.2 Å². The Hall–Kier alpha value is -2.00. The van der Waals surface area contributed by atoms with E-state index in [1.165, 1.54) is 16.2 Å². The molecule has 7 nitrogen and oxygen atoms in total. The molecule has 0 unspecified atom stereocenters. The van der Waals surface area contributed by atoms with Crippen molar-refractivity contribution >= 4 is 44.8 Å². The number of hydrogen-bond acceptors (Lipinski definition) is 7. The molecule has 27 heavy (non-hydrogen) atoms. The molecular weight excluding hydrogens is 382 g/mol. The minimum atomic E-state index is -0.0251. The van der Waals surface area contributed by atoms with Gasteiger partial charge in [-0.05, 0) is 37.1 Å². The summed E-state index contributed by atoms with van der Waals surface area (Å²) in [5, 5.41) is 15.1. The van der Waals surface area contributed by atoms with Crippen molar-refractivity contribution in [3.63, 3.8) is 0 Å². The summed E-state index contributed by atoms with van der Waals surface area (Å²) in [6.07, 6.45) is 4.21. The Balaban J connectivity index is 1.31. The van der Waals surface area contributed by atoms with Crippen LogP contribution >= 0.6 is 22.7 Å². The predicted molar refractivity (Wildman–Crippen MR) is 107 cm³/mol. The van der Waals surface area contributed by atoms with Crippen LogP contribution in [0.3, 0.4) is 0 Å². The lowest BCUT2D eigenvalue weighted by atomic mass is 9.97. The van der Waals surface area contributed by atoms with Gasteiger partial charge in [0, 0.05) is 37.5 Å². The summed E-state index contributed by atoms with van der Waals surface area (Å²) in [6, 6.07) is 4.13. The number of anilines is 2. The fourth-order valence-corrected chi connectivity index (χ4v) is 5.20. The van der Waals surface area contributed by atoms with Crippen molar-refractivity contribution in [2.45, 2.75) is 32.1 Å². The lowest BCUT2D eigenvalue weighted by Crippen LogP contribution is -2.43. The van der Waals surface area contributed by atoms with Crippen molar-refractivity contribution in [2.24, 2.45) is 5.92 Å². The van der Waals surface area contributed by atoms with Crippen LogP contribution in [-0.2, 0) is 16.0 Å². The number of hydrogen-bond donors (Lipinski definition) is 1. The molecule has 4 heterocycles. The van der Waals surface area contributed by atoms with E-state index in [0.29, 0.717) is 24.6 Å². The van der Waals surface area contributed by atoms with Crippen molar-refractivity contribution in [3.05, 3.63) is 22.4 Å². The minimum absolute atomic E-state index is 0.0251. The molecule has 4 rings (SSSR count). The third kappa shape index (κ3) is 4.30. The van der Waals surface area contributed by atoms with E-state index in [4.69, 9.17) is 0 Å². The summed E-state index contributed by atoms with van der Waals surface area (Å²) in [4.78, 5) is 29.6. The second kappa shape index (κ2) is 8.35. The fraction of sp³-hybridized carbons (Fsp3) is 0.556. The summed E-state index contributed by atoms with van der Waals surface area (Å²) >= 11 is 3.17. The number of rotatable bonds is 6. The van der Waals surface area contributed by atoms with Crippen LogP contribution in [0.15, 0.2) is 17.5 Å². The van der Waals surface area contributed by atoms with Crippen LogP contribution in [0.4, 0.5) is 10.3 Å². The number of nitrogens with one attached hydrogen (secondary N) is 1. The van der Waals surface area contributed by atoms with E-state index >= 15 is 0 Å². The average molecular weight is 406 g/mol. The maximum absolute atomic E-state index is 12.5. The van der Waals surface area contributed by atoms with Crippen molar-refractivity contribution < 1.29 is 9.59 Å². The first-order valence-electron chi connectivity index (χ1n) is 9.39. The smallest absolute Gasteiger partial charge is 0.228 e. The number of amides is 2. The highest BCUT2D eigenvalue weighted by atomic mass is 32.1. The molecule has 0 spiro atoms. The number of carbonyl (C=O) groups excluding carboxylic acids is 2. The van der Waals surface area contributed by atoms with E-state index in [0.717, 1.165) is 43.9 Å². The zero-order valence-corrected chi connectivity index (χ0v) is 16.7. The van der Waals surface area contributed by atoms with E-state index in [2.05, 4.69) is 31.9 Å². The van der Waals surface area contributed by atoms with Crippen LogP contribution in [0, 0.1) is 5.92 Å². The zero-order valence-electron chi connectivity index (χ0n) is 15.1. The molecule has 0 radical (unpaired) electrons. The Morgan fingerprint density at radius 2 is 2.15 bits per heavy atom. The number of nitrogens with zero attached hydrogens (tertiary/aromatic N) is 4. The second-order valence-electron chi connectivity index (χ2n) is 6.92. The number of carbonyl (C=O) groups is 2. The molecule has 0 bridgehead atoms. The van der Waals surface area contributed by atoms with Gasteiger partial charge in [-0.15, -0.1) is 21.5 Å². The molecule has 2 amide bonds. The monoisotopic (exact) mass is 405 g/mol. The van der Waals surface area contributed by atoms with Gasteiger partial charge in [-0.2, -0.15) is 0 Å². The normalized spacial score (nSPS) is 20.3. The van der Waals surface area contributed by atoms with E-state index in [1.807, 2.05) is 6.07 Å². The van der Waals surface area contributed by atoms with E-state index in [-0.39, 0.29) is 17.7 Å². The van der Waals surface area contributed by atoms with E-state index in [1.54, 1.807) is 16.2 Å². The Bertz CT molecular complexity index is 792. The molecule has 0 saturated carbocycles. The lowest BCUT2D eigenvalue weighted by molar-refractivity contribution is -0.125. The van der Waals surface area contributed by atoms with Gasteiger partial charge in [-0.1, -0.05) is 17.4 Å². The van der Waals surface area contributed by atoms with Crippen molar-refractivity contribution in [1.29, 1.82) is 0 Å². The van der Waals surface area contributed by atoms with Crippen molar-refractivity contribution in [1.82, 2.24) is 15.5 Å². The molecule has 2 fully saturated rings. The summed E-state index contributed by atoms with van der Waals surface area (Å²) in [5.74, 6) is 0.220. The SMILES string of the molecule is O=C(NCCc1cccs1)[C@@H]1CCCN(c2nnc(N3CCCC3=O)s2)C1. The first-order valence-corrected chi connectivity index (χ1v) is 11.1. The summed E-state index contributed by atoms with van der Waals surface area (Å²) in [7, 11) is 0. The first-order chi connectivity index (χ1) is 13.2. The van der Waals surface area contributed by atoms with Gasteiger partial charge in [-0.25, -0.2) is 0 Å². The van der Waals surface area contributed by atoms with Crippen LogP contribution in [0.1, 0.15) is 30.6 Å². The highest BCUT2D eigenvalue weighted by Gasteiger charge is 2.29. The topological polar surface area (TPSA) is 78.4 Å². The molecular formula is C18H23N5O2S2. The quantitative estimate of drug-likeness (QED) is 0.798. The fourth-order valence-electron chi connectivity index (χ4n) is 3.57. The van der Waals surface area contributed by atoms with Gasteiger partial charge in [0.25, 0.3) is 0 Å². The van der Waals surface area contributed by atoms with Gasteiger partial charge in [0.2, 0.25) is 22.1 Å². The number of piperidine rings is 1. The molecule has 9 heteroatoms. The highest BCUT2D eigenvalue weighted by Crippen LogP contribution is 2.32. The molecule has 2 aromatic rings. The summed E-state index contributed by atoms with van der Waals surface area (Å²) in [6.45, 7) is 2.94. The maximum atomic E-state index is 12.5. The molecule has 2 aliphatic rings. The Morgan fingerprint density at radius 1 is 1.26 bits per heavy atom. The third-order valence-corrected chi connectivity index (χ3v) is 6.96. The molecule has 1 N–H and O–H groups in total. The van der Waals surface area contributed by atoms with Crippen molar-refractivity contribution in [2.75, 3.05) is 36.0 Å². The van der Waals surface area contributed by atoms with Crippen LogP contribution in [0.5, 0.6) is 0 Å². The minimum Gasteiger partial charge on any atom is -0.355 e. The van der Waals surface area contributed by atoms with Gasteiger partial charge < -0.3 is 10.2 Å². The molecule has 2 aromatic heterocycles. The Morgan fingerprint density at radius 3 is 2.93 bits per heavy atom. The predicted octanol–water partition coefficient (Wildman–Crippen LogP) is 2.30. The molecule has 2 saturated heterocycles. The average Bonchev–Trinajstić information content (AvgIpc) is 3.43. The van der Waals surface area contributed by atoms with Gasteiger partial charge >= 0.3 is 0 Å². The van der Waals surface area contributed by atoms with Gasteiger partial charge in [0.05, 0.1) is 5.92 Å². The van der Waals surface area contributed by atoms with Crippen LogP contribution in [0.2, 0.25) is 0 Å². The third-order valence-electron chi connectivity index (χ3n) is 5.02. The van der Waals surface area contributed by atoms with E-state index in [9.17, 15) is 9.59 Å². The molecule has 2 aliphatic heterocycles. The number of aromatic nitrogens is 2. The van der Waals surface area contributed by atoms with Gasteiger partial charge in [0.15, 0.2) is 0 Å². The van der Waals surface area contributed by atoms with Gasteiger partial charge in [-0.3, -0.25) is 14.5 Å². The summed E-state index contributed by atoms with van der Waals surface area (Å²) < 4.78 is 0. The number of thiophene rings is 1. The summed E-state index contributed by atoms with van der Waals surface area (Å²) in [5.41, 5.74) is 0.